The summed E-state index contributed by atoms with van der Waals surface area (Å²) in [6.07, 6.45) is 1.26. The Kier molecular flexibility index (Phi) is 6.79. The van der Waals surface area contributed by atoms with Crippen molar-refractivity contribution in [1.29, 1.82) is 0 Å². The second-order valence-corrected chi connectivity index (χ2v) is 7.38. The predicted octanol–water partition coefficient (Wildman–Crippen LogP) is 4.10. The Morgan fingerprint density at radius 3 is 2.41 bits per heavy atom. The van der Waals surface area contributed by atoms with Crippen molar-refractivity contribution in [2.24, 2.45) is 5.73 Å². The average Bonchev–Trinajstić information content (AvgIpc) is 3.11. The molecule has 0 aliphatic heterocycles. The van der Waals surface area contributed by atoms with Crippen molar-refractivity contribution >= 4 is 17.5 Å². The molecule has 0 amide bonds. The zero-order valence-corrected chi connectivity index (χ0v) is 16.2. The molecule has 5 nitrogen and oxygen atoms in total. The normalized spacial score (nSPS) is 12.1. The van der Waals surface area contributed by atoms with Crippen molar-refractivity contribution < 1.29 is 4.79 Å². The molecule has 0 spiro atoms. The lowest BCUT2D eigenvalue weighted by atomic mass is 10.1. The van der Waals surface area contributed by atoms with Gasteiger partial charge in [-0.15, -0.1) is 10.2 Å². The topological polar surface area (TPSA) is 73.8 Å². The second-order valence-electron chi connectivity index (χ2n) is 6.31. The van der Waals surface area contributed by atoms with Gasteiger partial charge in [0, 0.05) is 17.7 Å². The Morgan fingerprint density at radius 1 is 1.07 bits per heavy atom. The first-order valence-corrected chi connectivity index (χ1v) is 10.1. The second kappa shape index (κ2) is 9.48. The van der Waals surface area contributed by atoms with Crippen LogP contribution in [0.15, 0.2) is 65.8 Å². The van der Waals surface area contributed by atoms with E-state index < -0.39 is 0 Å². The summed E-state index contributed by atoms with van der Waals surface area (Å²) in [5.41, 5.74) is 8.15. The molecule has 1 aromatic heterocycles. The molecular formula is C21H24N4OS. The van der Waals surface area contributed by atoms with Gasteiger partial charge in [0.2, 0.25) is 0 Å². The first-order chi connectivity index (χ1) is 13.2. The number of aromatic nitrogens is 3. The molecule has 0 bridgehead atoms. The van der Waals surface area contributed by atoms with Gasteiger partial charge in [0.1, 0.15) is 0 Å². The van der Waals surface area contributed by atoms with E-state index in [9.17, 15) is 4.79 Å². The number of benzene rings is 2. The zero-order valence-electron chi connectivity index (χ0n) is 15.4. The van der Waals surface area contributed by atoms with Crippen molar-refractivity contribution in [3.8, 4) is 0 Å². The van der Waals surface area contributed by atoms with Crippen LogP contribution in [0.25, 0.3) is 0 Å². The van der Waals surface area contributed by atoms with E-state index in [1.807, 2.05) is 55.5 Å². The van der Waals surface area contributed by atoms with Crippen LogP contribution in [-0.2, 0) is 6.54 Å². The van der Waals surface area contributed by atoms with Gasteiger partial charge >= 0.3 is 0 Å². The van der Waals surface area contributed by atoms with Crippen molar-refractivity contribution in [2.45, 2.75) is 37.5 Å². The average molecular weight is 381 g/mol. The van der Waals surface area contributed by atoms with Crippen LogP contribution >= 0.6 is 11.8 Å². The number of thioether (sulfide) groups is 1. The molecule has 27 heavy (non-hydrogen) atoms. The largest absolute Gasteiger partial charge is 0.321 e. The van der Waals surface area contributed by atoms with E-state index in [4.69, 9.17) is 5.73 Å². The molecule has 1 heterocycles. The van der Waals surface area contributed by atoms with Crippen molar-refractivity contribution in [3.05, 3.63) is 77.6 Å². The van der Waals surface area contributed by atoms with Gasteiger partial charge in [0.25, 0.3) is 0 Å². The Labute approximate surface area is 164 Å². The number of hydrogen-bond acceptors (Lipinski definition) is 5. The van der Waals surface area contributed by atoms with Crippen LogP contribution in [0.3, 0.4) is 0 Å². The molecule has 0 saturated carbocycles. The van der Waals surface area contributed by atoms with Crippen LogP contribution in [-0.4, -0.2) is 26.3 Å². The number of Topliss-reactive ketones (excluding diaryl/α,β-unsaturated/α-hetero) is 1. The Morgan fingerprint density at radius 2 is 1.74 bits per heavy atom. The molecule has 3 rings (SSSR count). The molecule has 6 heteroatoms. The van der Waals surface area contributed by atoms with E-state index in [2.05, 4.69) is 26.9 Å². The Balaban J connectivity index is 1.71. The summed E-state index contributed by atoms with van der Waals surface area (Å²) in [7, 11) is 0. The van der Waals surface area contributed by atoms with Crippen molar-refractivity contribution in [3.63, 3.8) is 0 Å². The lowest BCUT2D eigenvalue weighted by molar-refractivity contribution is 0.0989. The molecule has 1 atom stereocenters. The molecule has 2 N–H and O–H groups in total. The summed E-state index contributed by atoms with van der Waals surface area (Å²) >= 11 is 1.55. The molecule has 0 saturated heterocycles. The van der Waals surface area contributed by atoms with Crippen LogP contribution in [0.1, 0.15) is 47.6 Å². The first kappa shape index (κ1) is 19.3. The van der Waals surface area contributed by atoms with E-state index in [0.29, 0.717) is 18.7 Å². The van der Waals surface area contributed by atoms with E-state index in [-0.39, 0.29) is 11.8 Å². The number of hydrogen-bond donors (Lipinski definition) is 1. The number of rotatable bonds is 9. The number of nitrogens with two attached hydrogens (primary N) is 1. The number of ketones is 1. The van der Waals surface area contributed by atoms with Crippen LogP contribution in [0, 0.1) is 0 Å². The first-order valence-electron chi connectivity index (χ1n) is 9.12. The van der Waals surface area contributed by atoms with Crippen molar-refractivity contribution in [1.82, 2.24) is 14.8 Å². The Bertz CT molecular complexity index is 864. The quantitative estimate of drug-likeness (QED) is 0.447. The molecule has 140 valence electrons. The molecule has 0 fully saturated rings. The molecule has 2 aromatic carbocycles. The maximum Gasteiger partial charge on any atom is 0.191 e. The third-order valence-electron chi connectivity index (χ3n) is 4.36. The van der Waals surface area contributed by atoms with E-state index in [1.165, 1.54) is 5.56 Å². The van der Waals surface area contributed by atoms with Crippen LogP contribution in [0.2, 0.25) is 0 Å². The highest BCUT2D eigenvalue weighted by atomic mass is 32.2. The van der Waals surface area contributed by atoms with Gasteiger partial charge < -0.3 is 10.3 Å². The van der Waals surface area contributed by atoms with Gasteiger partial charge in [-0.05, 0) is 12.0 Å². The number of nitrogens with zero attached hydrogens (tertiary/aromatic N) is 3. The minimum atomic E-state index is -0.151. The smallest absolute Gasteiger partial charge is 0.191 e. The third kappa shape index (κ3) is 5.05. The number of carbonyl (C=O) groups is 1. The summed E-state index contributed by atoms with van der Waals surface area (Å²) in [4.78, 5) is 12.3. The maximum atomic E-state index is 12.3. The molecule has 3 aromatic rings. The van der Waals surface area contributed by atoms with Gasteiger partial charge in [-0.25, -0.2) is 0 Å². The van der Waals surface area contributed by atoms with E-state index in [0.717, 1.165) is 23.0 Å². The third-order valence-corrected chi connectivity index (χ3v) is 5.32. The van der Waals surface area contributed by atoms with E-state index >= 15 is 0 Å². The summed E-state index contributed by atoms with van der Waals surface area (Å²) in [5.74, 6) is 1.59. The van der Waals surface area contributed by atoms with Gasteiger partial charge in [-0.2, -0.15) is 0 Å². The molecule has 0 aliphatic rings. The summed E-state index contributed by atoms with van der Waals surface area (Å²) < 4.78 is 2.07. The summed E-state index contributed by atoms with van der Waals surface area (Å²) in [6.45, 7) is 2.71. The monoisotopic (exact) mass is 380 g/mol. The summed E-state index contributed by atoms with van der Waals surface area (Å²) in [5, 5.41) is 9.46. The molecule has 1 unspecified atom stereocenters. The van der Waals surface area contributed by atoms with Gasteiger partial charge in [0.15, 0.2) is 16.8 Å². The van der Waals surface area contributed by atoms with Gasteiger partial charge in [-0.3, -0.25) is 4.79 Å². The molecule has 0 aliphatic carbocycles. The maximum absolute atomic E-state index is 12.3. The van der Waals surface area contributed by atoms with Gasteiger partial charge in [-0.1, -0.05) is 79.3 Å². The minimum absolute atomic E-state index is 0.141. The zero-order chi connectivity index (χ0) is 19.1. The molecular weight excluding hydrogens is 356 g/mol. The lowest BCUT2D eigenvalue weighted by Crippen LogP contribution is -2.17. The SMILES string of the molecule is CCC(N)c1nnc(SCCC(=O)c2ccccc2)n1Cc1ccccc1. The highest BCUT2D eigenvalue weighted by Crippen LogP contribution is 2.23. The fraction of sp³-hybridized carbons (Fsp3) is 0.286. The lowest BCUT2D eigenvalue weighted by Gasteiger charge is -2.13. The summed E-state index contributed by atoms with van der Waals surface area (Å²) in [6, 6.07) is 19.4. The number of carbonyl (C=O) groups excluding carboxylic acids is 1. The fourth-order valence-corrected chi connectivity index (χ4v) is 3.66. The van der Waals surface area contributed by atoms with Crippen LogP contribution < -0.4 is 5.73 Å². The highest BCUT2D eigenvalue weighted by molar-refractivity contribution is 7.99. The predicted molar refractivity (Wildman–Crippen MR) is 109 cm³/mol. The Hall–Kier alpha value is -2.44. The minimum Gasteiger partial charge on any atom is -0.321 e. The van der Waals surface area contributed by atoms with Crippen LogP contribution in [0.4, 0.5) is 0 Å². The molecule has 0 radical (unpaired) electrons. The standard InChI is InChI=1S/C21H24N4OS/c1-2-18(22)20-23-24-21(25(20)15-16-9-5-3-6-10-16)27-14-13-19(26)17-11-7-4-8-12-17/h3-12,18H,2,13-15,22H2,1H3. The van der Waals surface area contributed by atoms with Crippen LogP contribution in [0.5, 0.6) is 0 Å². The van der Waals surface area contributed by atoms with Crippen molar-refractivity contribution in [2.75, 3.05) is 5.75 Å². The highest BCUT2D eigenvalue weighted by Gasteiger charge is 2.18. The fourth-order valence-electron chi connectivity index (χ4n) is 2.78. The van der Waals surface area contributed by atoms with E-state index in [1.54, 1.807) is 11.8 Å². The van der Waals surface area contributed by atoms with Gasteiger partial charge in [0.05, 0.1) is 12.6 Å².